The quantitative estimate of drug-likeness (QED) is 0.693. The fourth-order valence-corrected chi connectivity index (χ4v) is 2.80. The van der Waals surface area contributed by atoms with E-state index in [1.807, 2.05) is 0 Å². The summed E-state index contributed by atoms with van der Waals surface area (Å²) < 4.78 is 0. The highest BCUT2D eigenvalue weighted by Gasteiger charge is 2.29. The molecule has 1 saturated carbocycles. The fourth-order valence-electron chi connectivity index (χ4n) is 2.80. The van der Waals surface area contributed by atoms with Crippen LogP contribution in [0.15, 0.2) is 24.3 Å². The SMILES string of the molecule is Cl.c1ccc2c(c1)CNC1CCC2C1. The van der Waals surface area contributed by atoms with Crippen LogP contribution in [0.3, 0.4) is 0 Å². The first-order chi connectivity index (χ1) is 6.43. The van der Waals surface area contributed by atoms with E-state index in [0.29, 0.717) is 0 Å². The molecule has 1 N–H and O–H groups in total. The number of benzene rings is 1. The Morgan fingerprint density at radius 2 is 2.00 bits per heavy atom. The van der Waals surface area contributed by atoms with E-state index in [4.69, 9.17) is 0 Å². The van der Waals surface area contributed by atoms with Gasteiger partial charge in [-0.25, -0.2) is 0 Å². The van der Waals surface area contributed by atoms with E-state index in [9.17, 15) is 0 Å². The Balaban J connectivity index is 0.000000750. The Hall–Kier alpha value is -0.530. The van der Waals surface area contributed by atoms with Gasteiger partial charge in [-0.1, -0.05) is 24.3 Å². The van der Waals surface area contributed by atoms with Crippen molar-refractivity contribution in [2.24, 2.45) is 0 Å². The van der Waals surface area contributed by atoms with Crippen LogP contribution in [0.5, 0.6) is 0 Å². The van der Waals surface area contributed by atoms with E-state index in [2.05, 4.69) is 29.6 Å². The third kappa shape index (κ3) is 1.55. The maximum Gasteiger partial charge on any atom is 0.0210 e. The zero-order valence-corrected chi connectivity index (χ0v) is 9.02. The zero-order valence-electron chi connectivity index (χ0n) is 8.20. The molecule has 1 aliphatic heterocycles. The van der Waals surface area contributed by atoms with Gasteiger partial charge in [0.05, 0.1) is 0 Å². The first kappa shape index (κ1) is 10.0. The summed E-state index contributed by atoms with van der Waals surface area (Å²) in [6.45, 7) is 1.08. The second kappa shape index (κ2) is 3.92. The Bertz CT molecular complexity index is 324. The lowest BCUT2D eigenvalue weighted by Gasteiger charge is -2.13. The highest BCUT2D eigenvalue weighted by molar-refractivity contribution is 5.85. The maximum atomic E-state index is 3.63. The first-order valence-electron chi connectivity index (χ1n) is 5.24. The topological polar surface area (TPSA) is 12.0 Å². The van der Waals surface area contributed by atoms with Gasteiger partial charge in [-0.15, -0.1) is 12.4 Å². The number of halogens is 1. The van der Waals surface area contributed by atoms with Crippen LogP contribution in [0.25, 0.3) is 0 Å². The van der Waals surface area contributed by atoms with Crippen LogP contribution in [-0.2, 0) is 6.54 Å². The molecule has 0 radical (unpaired) electrons. The Morgan fingerprint density at radius 1 is 1.14 bits per heavy atom. The molecule has 1 aliphatic carbocycles. The van der Waals surface area contributed by atoms with Crippen LogP contribution < -0.4 is 5.32 Å². The molecule has 1 heterocycles. The average molecular weight is 210 g/mol. The van der Waals surface area contributed by atoms with Crippen LogP contribution in [0.1, 0.15) is 36.3 Å². The molecule has 76 valence electrons. The van der Waals surface area contributed by atoms with Crippen LogP contribution in [-0.4, -0.2) is 6.04 Å². The fraction of sp³-hybridized carbons (Fsp3) is 0.500. The van der Waals surface area contributed by atoms with Crippen molar-refractivity contribution in [1.29, 1.82) is 0 Å². The van der Waals surface area contributed by atoms with Gasteiger partial charge >= 0.3 is 0 Å². The molecule has 1 aromatic rings. The van der Waals surface area contributed by atoms with Crippen molar-refractivity contribution in [2.45, 2.75) is 37.8 Å². The van der Waals surface area contributed by atoms with Crippen LogP contribution in [0.4, 0.5) is 0 Å². The Morgan fingerprint density at radius 3 is 2.93 bits per heavy atom. The van der Waals surface area contributed by atoms with Crippen LogP contribution >= 0.6 is 12.4 Å². The van der Waals surface area contributed by atoms with Crippen molar-refractivity contribution in [3.05, 3.63) is 35.4 Å². The first-order valence-corrected chi connectivity index (χ1v) is 5.24. The van der Waals surface area contributed by atoms with E-state index in [0.717, 1.165) is 18.5 Å². The highest BCUT2D eigenvalue weighted by Crippen LogP contribution is 2.38. The molecule has 1 nitrogen and oxygen atoms in total. The van der Waals surface area contributed by atoms with Crippen molar-refractivity contribution >= 4 is 12.4 Å². The number of hydrogen-bond donors (Lipinski definition) is 1. The van der Waals surface area contributed by atoms with Gasteiger partial charge in [-0.05, 0) is 36.3 Å². The average Bonchev–Trinajstić information content (AvgIpc) is 2.54. The summed E-state index contributed by atoms with van der Waals surface area (Å²) in [6.07, 6.45) is 4.12. The van der Waals surface area contributed by atoms with Gasteiger partial charge in [0.1, 0.15) is 0 Å². The lowest BCUT2D eigenvalue weighted by molar-refractivity contribution is 0.530. The third-order valence-corrected chi connectivity index (χ3v) is 3.51. The molecule has 0 saturated heterocycles. The summed E-state index contributed by atoms with van der Waals surface area (Å²) in [6, 6.07) is 9.70. The normalized spacial score (nSPS) is 28.9. The van der Waals surface area contributed by atoms with E-state index in [1.165, 1.54) is 24.8 Å². The number of fused-ring (bicyclic) bond motifs is 4. The molecular formula is C12H16ClN. The minimum absolute atomic E-state index is 0. The zero-order chi connectivity index (χ0) is 8.67. The van der Waals surface area contributed by atoms with Gasteiger partial charge in [0, 0.05) is 12.6 Å². The molecule has 2 bridgehead atoms. The molecule has 1 fully saturated rings. The second-order valence-electron chi connectivity index (χ2n) is 4.29. The van der Waals surface area contributed by atoms with Crippen molar-refractivity contribution in [3.63, 3.8) is 0 Å². The summed E-state index contributed by atoms with van der Waals surface area (Å²) in [5.41, 5.74) is 3.13. The van der Waals surface area contributed by atoms with E-state index in [-0.39, 0.29) is 12.4 Å². The summed E-state index contributed by atoms with van der Waals surface area (Å²) in [5.74, 6) is 0.844. The number of hydrogen-bond acceptors (Lipinski definition) is 1. The monoisotopic (exact) mass is 209 g/mol. The van der Waals surface area contributed by atoms with Gasteiger partial charge in [0.25, 0.3) is 0 Å². The van der Waals surface area contributed by atoms with Crippen molar-refractivity contribution in [3.8, 4) is 0 Å². The lowest BCUT2D eigenvalue weighted by atomic mass is 9.94. The van der Waals surface area contributed by atoms with E-state index >= 15 is 0 Å². The molecule has 14 heavy (non-hydrogen) atoms. The smallest absolute Gasteiger partial charge is 0.0210 e. The molecule has 1 aromatic carbocycles. The third-order valence-electron chi connectivity index (χ3n) is 3.51. The molecule has 3 rings (SSSR count). The summed E-state index contributed by atoms with van der Waals surface area (Å²) >= 11 is 0. The van der Waals surface area contributed by atoms with E-state index < -0.39 is 0 Å². The van der Waals surface area contributed by atoms with E-state index in [1.54, 1.807) is 5.56 Å². The lowest BCUT2D eigenvalue weighted by Crippen LogP contribution is -2.24. The predicted octanol–water partition coefficient (Wildman–Crippen LogP) is 2.85. The molecule has 0 amide bonds. The van der Waals surface area contributed by atoms with Gasteiger partial charge in [-0.3, -0.25) is 0 Å². The van der Waals surface area contributed by atoms with Gasteiger partial charge < -0.3 is 5.32 Å². The van der Waals surface area contributed by atoms with Crippen molar-refractivity contribution in [2.75, 3.05) is 0 Å². The molecule has 2 atom stereocenters. The molecule has 2 unspecified atom stereocenters. The van der Waals surface area contributed by atoms with Crippen molar-refractivity contribution < 1.29 is 0 Å². The number of nitrogens with one attached hydrogen (secondary N) is 1. The largest absolute Gasteiger partial charge is 0.310 e. The Kier molecular flexibility index (Phi) is 2.80. The minimum Gasteiger partial charge on any atom is -0.310 e. The molecule has 2 heteroatoms. The van der Waals surface area contributed by atoms with Crippen LogP contribution in [0, 0.1) is 0 Å². The molecule has 0 spiro atoms. The summed E-state index contributed by atoms with van der Waals surface area (Å²) in [5, 5.41) is 3.63. The predicted molar refractivity (Wildman–Crippen MR) is 60.9 cm³/mol. The van der Waals surface area contributed by atoms with Crippen molar-refractivity contribution in [1.82, 2.24) is 5.32 Å². The minimum atomic E-state index is 0. The molecule has 2 aliphatic rings. The number of rotatable bonds is 0. The van der Waals surface area contributed by atoms with Gasteiger partial charge in [-0.2, -0.15) is 0 Å². The molecular weight excluding hydrogens is 194 g/mol. The maximum absolute atomic E-state index is 3.63. The highest BCUT2D eigenvalue weighted by atomic mass is 35.5. The van der Waals surface area contributed by atoms with Gasteiger partial charge in [0.2, 0.25) is 0 Å². The van der Waals surface area contributed by atoms with Crippen LogP contribution in [0.2, 0.25) is 0 Å². The second-order valence-corrected chi connectivity index (χ2v) is 4.29. The summed E-state index contributed by atoms with van der Waals surface area (Å²) in [7, 11) is 0. The molecule has 0 aromatic heterocycles. The van der Waals surface area contributed by atoms with Gasteiger partial charge in [0.15, 0.2) is 0 Å². The Labute approximate surface area is 91.3 Å². The standard InChI is InChI=1S/C12H15N.ClH/c1-2-4-12-9-5-6-11(7-9)13-8-10(12)3-1;/h1-4,9,11,13H,5-8H2;1H. The summed E-state index contributed by atoms with van der Waals surface area (Å²) in [4.78, 5) is 0.